The molecule has 0 radical (unpaired) electrons. The Labute approximate surface area is 651 Å². The minimum Gasteiger partial charge on any atom is -0.491 e. The van der Waals surface area contributed by atoms with Gasteiger partial charge in [0, 0.05) is 62.7 Å². The molecule has 0 unspecified atom stereocenters. The molecule has 106 heavy (non-hydrogen) atoms. The lowest BCUT2D eigenvalue weighted by Gasteiger charge is -2.21. The van der Waals surface area contributed by atoms with Crippen LogP contribution in [0.3, 0.4) is 0 Å². The summed E-state index contributed by atoms with van der Waals surface area (Å²) in [6.07, 6.45) is 40.5. The number of sulfonamides is 1. The van der Waals surface area contributed by atoms with Gasteiger partial charge in [0.15, 0.2) is 12.7 Å². The van der Waals surface area contributed by atoms with Crippen LogP contribution in [0.25, 0.3) is 49.3 Å². The second kappa shape index (κ2) is 44.3. The summed E-state index contributed by atoms with van der Waals surface area (Å²) < 4.78 is 44.6. The van der Waals surface area contributed by atoms with Crippen LogP contribution in [-0.4, -0.2) is 56.2 Å². The molecule has 1 saturated heterocycles. The zero-order chi connectivity index (χ0) is 73.8. The number of hydrogen-bond donors (Lipinski definition) is 2. The van der Waals surface area contributed by atoms with E-state index in [-0.39, 0.29) is 17.6 Å². The zero-order valence-electron chi connectivity index (χ0n) is 61.8. The molecule has 0 atom stereocenters. The van der Waals surface area contributed by atoms with E-state index >= 15 is 0 Å². The van der Waals surface area contributed by atoms with E-state index in [1.807, 2.05) is 42.1 Å². The SMILES string of the molecule is C(=CC=C1Sc2c(ccc3ccccc23)N1CCOc1cccc2ccccc12)C=Cc1cc[n+](CCOc2cccc3ccccc23)c2ccccc12.CCCCCCCCCCCCCNc1ccccc1SSc1ccccc1NS(=O)(=O)CCCCCCCCCCCC.O=C1CCC(=O)N1Br. The summed E-state index contributed by atoms with van der Waals surface area (Å²) in [7, 11) is -0.0823. The molecule has 1 aromatic heterocycles. The number of amides is 2. The molecular weight excluding hydrogens is 1460 g/mol. The van der Waals surface area contributed by atoms with Crippen LogP contribution in [0.2, 0.25) is 0 Å². The van der Waals surface area contributed by atoms with Crippen LogP contribution in [0.5, 0.6) is 11.5 Å². The lowest BCUT2D eigenvalue weighted by Crippen LogP contribution is -2.37. The number of rotatable bonds is 40. The van der Waals surface area contributed by atoms with Crippen molar-refractivity contribution in [3.63, 3.8) is 0 Å². The Hall–Kier alpha value is -7.99. The monoisotopic (exact) mass is 1560 g/mol. The van der Waals surface area contributed by atoms with Crippen molar-refractivity contribution in [1.82, 2.24) is 3.93 Å². The van der Waals surface area contributed by atoms with Crippen molar-refractivity contribution < 1.29 is 32.0 Å². The molecule has 0 saturated carbocycles. The normalized spacial score (nSPS) is 13.3. The number of pyridine rings is 1. The van der Waals surface area contributed by atoms with Crippen LogP contribution in [0.15, 0.2) is 250 Å². The third kappa shape index (κ3) is 25.0. The molecule has 556 valence electrons. The summed E-state index contributed by atoms with van der Waals surface area (Å²) in [6, 6.07) is 69.3. The number of imide groups is 1. The molecule has 2 aliphatic heterocycles. The fraction of sp³-hybridized carbons (Fsp3) is 0.344. The van der Waals surface area contributed by atoms with Crippen molar-refractivity contribution in [2.45, 2.75) is 183 Å². The van der Waals surface area contributed by atoms with Gasteiger partial charge in [-0.3, -0.25) is 14.3 Å². The first-order chi connectivity index (χ1) is 52.1. The molecule has 2 amide bonds. The van der Waals surface area contributed by atoms with Gasteiger partial charge in [0.25, 0.3) is 0 Å². The Morgan fingerprint density at radius 3 is 1.58 bits per heavy atom. The third-order valence-electron chi connectivity index (χ3n) is 19.1. The molecule has 2 N–H and O–H groups in total. The number of carbonyl (C=O) groups excluding carboxylic acids is 2. The molecule has 3 heterocycles. The van der Waals surface area contributed by atoms with Crippen LogP contribution < -0.4 is 29.0 Å². The van der Waals surface area contributed by atoms with Gasteiger partial charge in [-0.1, -0.05) is 333 Å². The fourth-order valence-electron chi connectivity index (χ4n) is 13.3. The quantitative estimate of drug-likeness (QED) is 0.00954. The third-order valence-corrected chi connectivity index (χ3v) is 24.9. The van der Waals surface area contributed by atoms with E-state index in [9.17, 15) is 18.0 Å². The molecule has 12 rings (SSSR count). The van der Waals surface area contributed by atoms with Gasteiger partial charge in [-0.05, 0) is 94.6 Å². The maximum atomic E-state index is 12.9. The number of carbonyl (C=O) groups is 2. The van der Waals surface area contributed by atoms with E-state index in [2.05, 4.69) is 256 Å². The largest absolute Gasteiger partial charge is 0.491 e. The molecule has 11 nitrogen and oxygen atoms in total. The van der Waals surface area contributed by atoms with Crippen LogP contribution in [-0.2, 0) is 26.2 Å². The number of aromatic nitrogens is 1. The molecule has 10 aromatic rings. The van der Waals surface area contributed by atoms with Crippen molar-refractivity contribution in [2.24, 2.45) is 0 Å². The number of nitrogens with zero attached hydrogens (tertiary/aromatic N) is 3. The highest BCUT2D eigenvalue weighted by molar-refractivity contribution is 9.08. The lowest BCUT2D eigenvalue weighted by atomic mass is 10.1. The van der Waals surface area contributed by atoms with Gasteiger partial charge < -0.3 is 19.7 Å². The van der Waals surface area contributed by atoms with Gasteiger partial charge in [-0.15, -0.1) is 0 Å². The van der Waals surface area contributed by atoms with Crippen LogP contribution in [0, 0.1) is 0 Å². The number of thioether (sulfide) groups is 1. The summed E-state index contributed by atoms with van der Waals surface area (Å²) in [4.78, 5) is 26.7. The Morgan fingerprint density at radius 1 is 0.500 bits per heavy atom. The smallest absolute Gasteiger partial charge is 0.239 e. The minimum atomic E-state index is -3.37. The molecule has 1 fully saturated rings. The first-order valence-corrected chi connectivity index (χ1v) is 43.8. The number of anilines is 3. The van der Waals surface area contributed by atoms with E-state index in [4.69, 9.17) is 9.47 Å². The minimum absolute atomic E-state index is 0.144. The van der Waals surface area contributed by atoms with Crippen molar-refractivity contribution in [3.8, 4) is 11.5 Å². The van der Waals surface area contributed by atoms with Crippen molar-refractivity contribution in [2.75, 3.05) is 47.0 Å². The molecule has 0 spiro atoms. The van der Waals surface area contributed by atoms with Gasteiger partial charge in [-0.25, -0.2) is 12.3 Å². The number of para-hydroxylation sites is 3. The number of hydrogen-bond acceptors (Lipinski definition) is 11. The average molecular weight is 1560 g/mol. The second-order valence-electron chi connectivity index (χ2n) is 27.1. The summed E-state index contributed by atoms with van der Waals surface area (Å²) >= 11 is 4.63. The Balaban J connectivity index is 0.000000209. The maximum Gasteiger partial charge on any atom is 0.239 e. The van der Waals surface area contributed by atoms with Gasteiger partial charge in [0.1, 0.15) is 24.7 Å². The summed E-state index contributed by atoms with van der Waals surface area (Å²) in [6.45, 7) is 8.14. The van der Waals surface area contributed by atoms with Crippen molar-refractivity contribution in [3.05, 3.63) is 241 Å². The van der Waals surface area contributed by atoms with E-state index in [0.29, 0.717) is 38.2 Å². The second-order valence-corrected chi connectivity index (χ2v) is 32.9. The highest BCUT2D eigenvalue weighted by atomic mass is 79.9. The highest BCUT2D eigenvalue weighted by Crippen LogP contribution is 2.50. The molecule has 16 heteroatoms. The van der Waals surface area contributed by atoms with Crippen LogP contribution in [0.4, 0.5) is 17.1 Å². The Morgan fingerprint density at radius 2 is 0.991 bits per heavy atom. The zero-order valence-corrected chi connectivity index (χ0v) is 66.7. The van der Waals surface area contributed by atoms with E-state index in [1.54, 1.807) is 21.6 Å². The predicted molar refractivity (Wildman–Crippen MR) is 455 cm³/mol. The van der Waals surface area contributed by atoms with Gasteiger partial charge in [-0.2, -0.15) is 4.57 Å². The highest BCUT2D eigenvalue weighted by Gasteiger charge is 2.28. The Kier molecular flexibility index (Phi) is 33.7. The Bertz CT molecular complexity index is 4620. The van der Waals surface area contributed by atoms with E-state index < -0.39 is 10.0 Å². The van der Waals surface area contributed by atoms with Crippen molar-refractivity contribution in [1.29, 1.82) is 0 Å². The molecule has 2 aliphatic rings. The average Bonchev–Trinajstić information content (AvgIpc) is 1.59. The molecule has 0 bridgehead atoms. The standard InChI is InChI=1S/C49H39N2O2S.C37H62N2O2S3.C4H4BrNO2/c1(2-14-39-30-31-50(44-24-11-10-20-40(39)44)32-34-52-46-25-12-18-36-15-4-7-21-41(36)46)3-27-48-51(45-29-28-38-17-6-9-23-43(38)49(45)54-48)33-35-53-47-26-13-19-37-16-5-8-22-42(37)47;1-3-5-7-9-11-13-15-16-18-20-26-32-38-34-28-22-24-30-36(34)42-43-37-31-25-23-29-35(37)39-44(40,41)33-27-21-19-17-14-12-10-8-6-4-2;5-6-3(7)1-2-4(6)8/h1-31H,32-35H2;22-25,28-31,38-39H,3-21,26-27,32-33H2,1-2H3;1-2H2/q+1;;. The first kappa shape index (κ1) is 80.5. The summed E-state index contributed by atoms with van der Waals surface area (Å²) in [5.41, 5.74) is 5.40. The number of fused-ring (bicyclic) bond motifs is 6. The summed E-state index contributed by atoms with van der Waals surface area (Å²) in [5, 5.41) is 13.2. The van der Waals surface area contributed by atoms with Gasteiger partial charge in [0.2, 0.25) is 27.4 Å². The van der Waals surface area contributed by atoms with Crippen LogP contribution in [0.1, 0.15) is 167 Å². The maximum absolute atomic E-state index is 12.9. The number of halogens is 1. The summed E-state index contributed by atoms with van der Waals surface area (Å²) in [5.74, 6) is 1.74. The topological polar surface area (TPSA) is 121 Å². The number of unbranched alkanes of at least 4 members (excludes halogenated alkanes) is 19. The molecular formula is C90H105BrN5O6S4+. The first-order valence-electron chi connectivity index (χ1n) is 38.5. The van der Waals surface area contributed by atoms with E-state index in [1.165, 1.54) is 174 Å². The predicted octanol–water partition coefficient (Wildman–Crippen LogP) is 25.1. The van der Waals surface area contributed by atoms with Gasteiger partial charge >= 0.3 is 0 Å². The van der Waals surface area contributed by atoms with Crippen LogP contribution >= 0.6 is 49.5 Å². The molecule has 9 aromatic carbocycles. The van der Waals surface area contributed by atoms with E-state index in [0.717, 1.165) is 69.3 Å². The molecule has 0 aliphatic carbocycles. The van der Waals surface area contributed by atoms with Crippen molar-refractivity contribution >= 4 is 138 Å². The lowest BCUT2D eigenvalue weighted by molar-refractivity contribution is -0.672. The number of ether oxygens (including phenoxy) is 2. The number of nitrogens with one attached hydrogen (secondary N) is 2. The number of allylic oxidation sites excluding steroid dienone is 4. The van der Waals surface area contributed by atoms with Gasteiger partial charge in [0.05, 0.1) is 50.2 Å². The number of benzene rings is 9. The fourth-order valence-corrected chi connectivity index (χ4v) is 18.4.